The molecule has 0 heterocycles. The lowest BCUT2D eigenvalue weighted by Gasteiger charge is -2.24. The number of ether oxygens (including phenoxy) is 3. The van der Waals surface area contributed by atoms with E-state index in [2.05, 4.69) is 50.8 Å². The molecule has 3 aromatic rings. The van der Waals surface area contributed by atoms with E-state index in [0.717, 1.165) is 33.5 Å². The molecule has 0 bridgehead atoms. The number of halogens is 1. The van der Waals surface area contributed by atoms with Crippen molar-refractivity contribution in [3.8, 4) is 11.1 Å². The van der Waals surface area contributed by atoms with Gasteiger partial charge in [-0.15, -0.1) is 11.6 Å². The van der Waals surface area contributed by atoms with Crippen molar-refractivity contribution in [2.75, 3.05) is 44.1 Å². The summed E-state index contributed by atoms with van der Waals surface area (Å²) in [6.45, 7) is 12.2. The highest BCUT2D eigenvalue weighted by atomic mass is 35.5. The molecule has 1 aliphatic carbocycles. The molecule has 2 atom stereocenters. The van der Waals surface area contributed by atoms with Crippen LogP contribution in [0, 0.1) is 0 Å². The molecule has 0 aliphatic heterocycles. The van der Waals surface area contributed by atoms with Gasteiger partial charge in [0.2, 0.25) is 11.8 Å². The van der Waals surface area contributed by atoms with E-state index in [-0.39, 0.29) is 37.4 Å². The van der Waals surface area contributed by atoms with E-state index in [1.807, 2.05) is 60.5 Å². The Balaban J connectivity index is 1.23. The topological polar surface area (TPSA) is 176 Å². The standard InChI is InChI=1S/C47H65ClN6O8/c1-46(2,3)61-44(58)52-39(20-13-15-28-50-43(57)60-31-38-36-18-10-8-16-34(36)35-17-9-11-19-37(35)38)41(55)49-27-14-12-21-40(53-45(59)62-47(4,5)6)42(56)51-30-32-22-24-33(25-23-32)54(7)29-26-48/h8-11,16-19,22-25,38-40H,12-15,20-21,26-31H2,1-7H3,(H,49,55)(H,50,57)(H,51,56)(H,52,58)(H,53,59). The summed E-state index contributed by atoms with van der Waals surface area (Å²) in [5, 5.41) is 14.0. The maximum Gasteiger partial charge on any atom is 0.408 e. The number of nitrogens with zero attached hydrogens (tertiary/aromatic N) is 1. The molecule has 338 valence electrons. The highest BCUT2D eigenvalue weighted by Crippen LogP contribution is 2.44. The maximum atomic E-state index is 13.4. The van der Waals surface area contributed by atoms with Crippen LogP contribution in [-0.2, 0) is 30.3 Å². The fourth-order valence-electron chi connectivity index (χ4n) is 7.00. The van der Waals surface area contributed by atoms with Crippen LogP contribution in [0.4, 0.5) is 20.1 Å². The van der Waals surface area contributed by atoms with Gasteiger partial charge in [-0.25, -0.2) is 14.4 Å². The second-order valence-electron chi connectivity index (χ2n) is 17.4. The highest BCUT2D eigenvalue weighted by Gasteiger charge is 2.30. The monoisotopic (exact) mass is 876 g/mol. The summed E-state index contributed by atoms with van der Waals surface area (Å²) >= 11 is 5.87. The van der Waals surface area contributed by atoms with Gasteiger partial charge in [-0.05, 0) is 120 Å². The van der Waals surface area contributed by atoms with Crippen molar-refractivity contribution >= 4 is 47.4 Å². The van der Waals surface area contributed by atoms with Crippen molar-refractivity contribution in [2.45, 2.75) is 116 Å². The van der Waals surface area contributed by atoms with E-state index in [1.54, 1.807) is 41.5 Å². The van der Waals surface area contributed by atoms with Gasteiger partial charge in [0.05, 0.1) is 0 Å². The van der Waals surface area contributed by atoms with Gasteiger partial charge < -0.3 is 45.7 Å². The van der Waals surface area contributed by atoms with Crippen LogP contribution in [0.15, 0.2) is 72.8 Å². The molecule has 0 fully saturated rings. The molecule has 1 aliphatic rings. The minimum Gasteiger partial charge on any atom is -0.449 e. The molecule has 0 saturated heterocycles. The minimum atomic E-state index is -0.888. The van der Waals surface area contributed by atoms with Crippen molar-refractivity contribution < 1.29 is 38.2 Å². The van der Waals surface area contributed by atoms with E-state index in [4.69, 9.17) is 25.8 Å². The Bertz CT molecular complexity index is 1900. The molecule has 0 radical (unpaired) electrons. The number of alkyl halides is 1. The SMILES string of the molecule is CN(CCCl)c1ccc(CNC(=O)C(CCCCNC(=O)C(CCCCNC(=O)OCC2c3ccccc3-c3ccccc32)NC(=O)OC(C)(C)C)NC(=O)OC(C)(C)C)cc1. The second kappa shape index (κ2) is 23.6. The third kappa shape index (κ3) is 16.4. The first-order valence-corrected chi connectivity index (χ1v) is 22.0. The van der Waals surface area contributed by atoms with Crippen LogP contribution in [0.25, 0.3) is 11.1 Å². The first-order valence-electron chi connectivity index (χ1n) is 21.4. The molecule has 2 unspecified atom stereocenters. The molecular formula is C47H65ClN6O8. The Morgan fingerprint density at radius 3 is 1.63 bits per heavy atom. The Hall–Kier alpha value is -5.50. The Morgan fingerprint density at radius 2 is 1.13 bits per heavy atom. The van der Waals surface area contributed by atoms with Crippen LogP contribution >= 0.6 is 11.6 Å². The number of amides is 5. The predicted octanol–water partition coefficient (Wildman–Crippen LogP) is 7.76. The van der Waals surface area contributed by atoms with Gasteiger partial charge in [0, 0.05) is 50.7 Å². The van der Waals surface area contributed by atoms with Crippen LogP contribution in [0.1, 0.15) is 103 Å². The number of nitrogens with one attached hydrogen (secondary N) is 5. The molecule has 3 aromatic carbocycles. The molecule has 15 heteroatoms. The summed E-state index contributed by atoms with van der Waals surface area (Å²) in [4.78, 5) is 66.8. The number of benzene rings is 3. The largest absolute Gasteiger partial charge is 0.449 e. The number of anilines is 1. The van der Waals surface area contributed by atoms with Crippen LogP contribution in [0.5, 0.6) is 0 Å². The van der Waals surface area contributed by atoms with Crippen molar-refractivity contribution in [1.29, 1.82) is 0 Å². The first kappa shape index (κ1) is 49.2. The average molecular weight is 878 g/mol. The molecular weight excluding hydrogens is 812 g/mol. The molecule has 5 N–H and O–H groups in total. The van der Waals surface area contributed by atoms with Crippen molar-refractivity contribution in [2.24, 2.45) is 0 Å². The number of carbonyl (C=O) groups excluding carboxylic acids is 5. The number of fused-ring (bicyclic) bond motifs is 3. The predicted molar refractivity (Wildman–Crippen MR) is 242 cm³/mol. The number of hydrogen-bond acceptors (Lipinski definition) is 9. The third-order valence-corrected chi connectivity index (χ3v) is 10.2. The minimum absolute atomic E-state index is 0.0461. The quantitative estimate of drug-likeness (QED) is 0.0407. The zero-order chi connectivity index (χ0) is 45.3. The van der Waals surface area contributed by atoms with E-state index in [9.17, 15) is 24.0 Å². The molecule has 4 rings (SSSR count). The van der Waals surface area contributed by atoms with Gasteiger partial charge >= 0.3 is 18.3 Å². The molecule has 14 nitrogen and oxygen atoms in total. The smallest absolute Gasteiger partial charge is 0.408 e. The molecule has 5 amide bonds. The number of unbranched alkanes of at least 4 members (excludes halogenated alkanes) is 2. The number of alkyl carbamates (subject to hydrolysis) is 3. The zero-order valence-corrected chi connectivity index (χ0v) is 38.0. The summed E-state index contributed by atoms with van der Waals surface area (Å²) in [6.07, 6.45) is 0.674. The average Bonchev–Trinajstić information content (AvgIpc) is 3.53. The van der Waals surface area contributed by atoms with Gasteiger partial charge in [0.15, 0.2) is 0 Å². The second-order valence-corrected chi connectivity index (χ2v) is 17.8. The van der Waals surface area contributed by atoms with Crippen LogP contribution in [0.2, 0.25) is 0 Å². The van der Waals surface area contributed by atoms with Crippen molar-refractivity contribution in [1.82, 2.24) is 26.6 Å². The number of carbonyl (C=O) groups is 5. The molecule has 62 heavy (non-hydrogen) atoms. The maximum absolute atomic E-state index is 13.4. The van der Waals surface area contributed by atoms with Gasteiger partial charge in [0.25, 0.3) is 0 Å². The van der Waals surface area contributed by atoms with Gasteiger partial charge in [-0.3, -0.25) is 9.59 Å². The summed E-state index contributed by atoms with van der Waals surface area (Å²) in [5.74, 6) is -0.290. The van der Waals surface area contributed by atoms with Crippen LogP contribution < -0.4 is 31.5 Å². The third-order valence-electron chi connectivity index (χ3n) is 10.0. The molecule has 0 spiro atoms. The lowest BCUT2D eigenvalue weighted by molar-refractivity contribution is -0.124. The lowest BCUT2D eigenvalue weighted by Crippen LogP contribution is -2.48. The first-order chi connectivity index (χ1) is 29.4. The Labute approximate surface area is 371 Å². The van der Waals surface area contributed by atoms with E-state index >= 15 is 0 Å². The highest BCUT2D eigenvalue weighted by molar-refractivity contribution is 6.18. The van der Waals surface area contributed by atoms with Gasteiger partial charge in [-0.2, -0.15) is 0 Å². The Kier molecular flexibility index (Phi) is 18.7. The fourth-order valence-corrected chi connectivity index (χ4v) is 7.25. The number of hydrogen-bond donors (Lipinski definition) is 5. The van der Waals surface area contributed by atoms with Gasteiger partial charge in [-0.1, -0.05) is 60.7 Å². The van der Waals surface area contributed by atoms with Crippen LogP contribution in [0.3, 0.4) is 0 Å². The van der Waals surface area contributed by atoms with Gasteiger partial charge in [0.1, 0.15) is 29.9 Å². The van der Waals surface area contributed by atoms with Crippen molar-refractivity contribution in [3.05, 3.63) is 89.5 Å². The summed E-state index contributed by atoms with van der Waals surface area (Å²) < 4.78 is 16.5. The van der Waals surface area contributed by atoms with E-state index in [0.29, 0.717) is 57.5 Å². The van der Waals surface area contributed by atoms with E-state index < -0.39 is 41.6 Å². The Morgan fingerprint density at radius 1 is 0.645 bits per heavy atom. The summed E-state index contributed by atoms with van der Waals surface area (Å²) in [5.41, 5.74) is 4.94. The lowest BCUT2D eigenvalue weighted by atomic mass is 9.98. The number of rotatable bonds is 21. The zero-order valence-electron chi connectivity index (χ0n) is 37.2. The summed E-state index contributed by atoms with van der Waals surface area (Å²) in [6, 6.07) is 22.3. The normalized spacial score (nSPS) is 13.1. The van der Waals surface area contributed by atoms with E-state index in [1.165, 1.54) is 0 Å². The van der Waals surface area contributed by atoms with Crippen molar-refractivity contribution in [3.63, 3.8) is 0 Å². The summed E-state index contributed by atoms with van der Waals surface area (Å²) in [7, 11) is 1.95. The van der Waals surface area contributed by atoms with Crippen LogP contribution in [-0.4, -0.2) is 92.5 Å². The molecule has 0 aromatic heterocycles. The molecule has 0 saturated carbocycles. The fraction of sp³-hybridized carbons (Fsp3) is 0.511.